The Labute approximate surface area is 196 Å². The van der Waals surface area contributed by atoms with Crippen molar-refractivity contribution in [2.45, 2.75) is 20.0 Å². The molecule has 0 atom stereocenters. The molecule has 2 aromatic carbocycles. The van der Waals surface area contributed by atoms with Gasteiger partial charge in [-0.25, -0.2) is 18.7 Å². The van der Waals surface area contributed by atoms with Crippen LogP contribution in [0.1, 0.15) is 37.7 Å². The zero-order chi connectivity index (χ0) is 24.5. The van der Waals surface area contributed by atoms with Gasteiger partial charge in [-0.15, -0.1) is 0 Å². The second-order valence-corrected chi connectivity index (χ2v) is 7.95. The molecule has 0 aliphatic carbocycles. The van der Waals surface area contributed by atoms with Gasteiger partial charge in [-0.3, -0.25) is 14.6 Å². The van der Waals surface area contributed by atoms with Crippen molar-refractivity contribution in [3.05, 3.63) is 99.2 Å². The number of aromatic amines is 1. The number of aromatic nitrogens is 4. The van der Waals surface area contributed by atoms with Crippen molar-refractivity contribution >= 4 is 28.6 Å². The number of aryl methyl sites for hydroxylation is 1. The average Bonchev–Trinajstić information content (AvgIpc) is 3.41. The van der Waals surface area contributed by atoms with E-state index in [0.29, 0.717) is 16.7 Å². The van der Waals surface area contributed by atoms with E-state index in [-0.39, 0.29) is 30.1 Å². The molecule has 0 radical (unpaired) electrons. The number of nitrogens with one attached hydrogen (secondary N) is 3. The molecule has 35 heavy (non-hydrogen) atoms. The smallest absolute Gasteiger partial charge is 0.408 e. The Morgan fingerprint density at radius 1 is 1.06 bits per heavy atom. The number of nitrogens with zero attached hydrogens (tertiary/aromatic N) is 3. The molecule has 3 aromatic heterocycles. The molecule has 2 amide bonds. The maximum Gasteiger partial charge on any atom is 0.417 e. The lowest BCUT2D eigenvalue weighted by Crippen LogP contribution is -2.28. The number of H-pyrrole nitrogens is 1. The van der Waals surface area contributed by atoms with Crippen molar-refractivity contribution in [1.82, 2.24) is 30.2 Å². The number of benzene rings is 2. The molecule has 3 N–H and O–H groups in total. The fourth-order valence-electron chi connectivity index (χ4n) is 3.69. The lowest BCUT2D eigenvalue weighted by molar-refractivity contribution is 0.0942. The largest absolute Gasteiger partial charge is 0.417 e. The summed E-state index contributed by atoms with van der Waals surface area (Å²) in [5.41, 5.74) is 3.11. The standard InChI is InChI=1S/C24H19FN6O4/c1-13-3-2-4-14(7-13)10-27-23(33)19-9-18(29-21-16(25)12-28-31(19)21)22(32)26-11-15-5-6-20-17(8-15)30-24(34)35-20/h2-9,12H,10-11H2,1H3,(H,26,32)(H,27,33)(H,30,34). The highest BCUT2D eigenvalue weighted by Crippen LogP contribution is 2.14. The predicted octanol–water partition coefficient (Wildman–Crippen LogP) is 2.47. The van der Waals surface area contributed by atoms with Gasteiger partial charge in [-0.1, -0.05) is 35.9 Å². The summed E-state index contributed by atoms with van der Waals surface area (Å²) >= 11 is 0. The van der Waals surface area contributed by atoms with E-state index in [4.69, 9.17) is 4.42 Å². The third kappa shape index (κ3) is 4.51. The molecule has 11 heteroatoms. The second kappa shape index (κ2) is 8.86. The summed E-state index contributed by atoms with van der Waals surface area (Å²) in [6, 6.07) is 13.9. The number of rotatable bonds is 6. The normalized spacial score (nSPS) is 11.1. The van der Waals surface area contributed by atoms with E-state index in [1.807, 2.05) is 31.2 Å². The number of amides is 2. The van der Waals surface area contributed by atoms with Crippen molar-refractivity contribution < 1.29 is 18.4 Å². The number of halogens is 1. The summed E-state index contributed by atoms with van der Waals surface area (Å²) < 4.78 is 20.3. The van der Waals surface area contributed by atoms with Gasteiger partial charge in [0, 0.05) is 19.2 Å². The highest BCUT2D eigenvalue weighted by Gasteiger charge is 2.20. The van der Waals surface area contributed by atoms with Crippen LogP contribution in [0.3, 0.4) is 0 Å². The van der Waals surface area contributed by atoms with Crippen LogP contribution in [0.15, 0.2) is 63.9 Å². The van der Waals surface area contributed by atoms with Crippen molar-refractivity contribution in [1.29, 1.82) is 0 Å². The summed E-state index contributed by atoms with van der Waals surface area (Å²) in [5.74, 6) is -2.48. The molecule has 5 aromatic rings. The van der Waals surface area contributed by atoms with Gasteiger partial charge in [0.25, 0.3) is 11.8 Å². The summed E-state index contributed by atoms with van der Waals surface area (Å²) in [4.78, 5) is 43.6. The first-order valence-corrected chi connectivity index (χ1v) is 10.7. The van der Waals surface area contributed by atoms with Gasteiger partial charge in [0.05, 0.1) is 11.7 Å². The zero-order valence-electron chi connectivity index (χ0n) is 18.5. The molecular weight excluding hydrogens is 455 g/mol. The molecule has 0 fully saturated rings. The minimum absolute atomic E-state index is 0.0332. The molecule has 0 saturated heterocycles. The van der Waals surface area contributed by atoms with Crippen LogP contribution in [0, 0.1) is 12.7 Å². The molecule has 0 bridgehead atoms. The van der Waals surface area contributed by atoms with Crippen LogP contribution in [0.5, 0.6) is 0 Å². The molecule has 0 aliphatic heterocycles. The summed E-state index contributed by atoms with van der Waals surface area (Å²) in [6.45, 7) is 2.29. The maximum atomic E-state index is 14.3. The van der Waals surface area contributed by atoms with Crippen molar-refractivity contribution in [2.75, 3.05) is 0 Å². The van der Waals surface area contributed by atoms with Crippen LogP contribution in [0.2, 0.25) is 0 Å². The summed E-state index contributed by atoms with van der Waals surface area (Å²) in [6.07, 6.45) is 0.933. The molecule has 10 nitrogen and oxygen atoms in total. The quantitative estimate of drug-likeness (QED) is 0.346. The third-order valence-electron chi connectivity index (χ3n) is 5.37. The van der Waals surface area contributed by atoms with E-state index >= 15 is 0 Å². The van der Waals surface area contributed by atoms with Gasteiger partial charge in [-0.05, 0) is 30.2 Å². The minimum Gasteiger partial charge on any atom is -0.408 e. The number of carbonyl (C=O) groups is 2. The van der Waals surface area contributed by atoms with Gasteiger partial charge in [0.2, 0.25) is 0 Å². The first-order valence-electron chi connectivity index (χ1n) is 10.7. The van der Waals surface area contributed by atoms with E-state index in [1.54, 1.807) is 18.2 Å². The maximum absolute atomic E-state index is 14.3. The topological polar surface area (TPSA) is 134 Å². The molecule has 0 aliphatic rings. The van der Waals surface area contributed by atoms with E-state index in [1.165, 1.54) is 6.07 Å². The Morgan fingerprint density at radius 3 is 2.63 bits per heavy atom. The fourth-order valence-corrected chi connectivity index (χ4v) is 3.69. The van der Waals surface area contributed by atoms with E-state index in [0.717, 1.165) is 21.8 Å². The Balaban J connectivity index is 1.37. The number of carbonyl (C=O) groups excluding carboxylic acids is 2. The van der Waals surface area contributed by atoms with Gasteiger partial charge in [0.1, 0.15) is 11.4 Å². The van der Waals surface area contributed by atoms with Gasteiger partial charge >= 0.3 is 5.76 Å². The average molecular weight is 474 g/mol. The first-order chi connectivity index (χ1) is 16.9. The lowest BCUT2D eigenvalue weighted by Gasteiger charge is -2.10. The number of fused-ring (bicyclic) bond motifs is 2. The van der Waals surface area contributed by atoms with E-state index in [2.05, 4.69) is 25.7 Å². The molecule has 176 valence electrons. The van der Waals surface area contributed by atoms with Crippen LogP contribution < -0.4 is 16.4 Å². The van der Waals surface area contributed by atoms with Crippen molar-refractivity contribution in [3.63, 3.8) is 0 Å². The Kier molecular flexibility index (Phi) is 5.57. The third-order valence-corrected chi connectivity index (χ3v) is 5.37. The number of oxazole rings is 1. The Hall–Kier alpha value is -4.80. The van der Waals surface area contributed by atoms with Gasteiger partial charge in [-0.2, -0.15) is 5.10 Å². The molecule has 0 unspecified atom stereocenters. The highest BCUT2D eigenvalue weighted by molar-refractivity contribution is 5.98. The molecular formula is C24H19FN6O4. The molecule has 3 heterocycles. The van der Waals surface area contributed by atoms with Crippen LogP contribution >= 0.6 is 0 Å². The lowest BCUT2D eigenvalue weighted by atomic mass is 10.1. The molecule has 0 saturated carbocycles. The zero-order valence-corrected chi connectivity index (χ0v) is 18.5. The van der Waals surface area contributed by atoms with Crippen molar-refractivity contribution in [3.8, 4) is 0 Å². The van der Waals surface area contributed by atoms with E-state index in [9.17, 15) is 18.8 Å². The SMILES string of the molecule is Cc1cccc(CNC(=O)c2cc(C(=O)NCc3ccc4oc(=O)[nH]c4c3)nc3c(F)cnn23)c1. The predicted molar refractivity (Wildman–Crippen MR) is 123 cm³/mol. The van der Waals surface area contributed by atoms with Crippen LogP contribution in [0.4, 0.5) is 4.39 Å². The fraction of sp³-hybridized carbons (Fsp3) is 0.125. The molecule has 5 rings (SSSR count). The van der Waals surface area contributed by atoms with Crippen molar-refractivity contribution in [2.24, 2.45) is 0 Å². The Bertz CT molecular complexity index is 1650. The first kappa shape index (κ1) is 22.0. The second-order valence-electron chi connectivity index (χ2n) is 7.95. The van der Waals surface area contributed by atoms with E-state index < -0.39 is 23.4 Å². The number of hydrogen-bond donors (Lipinski definition) is 3. The van der Waals surface area contributed by atoms with Crippen LogP contribution in [-0.4, -0.2) is 31.4 Å². The van der Waals surface area contributed by atoms with Crippen LogP contribution in [-0.2, 0) is 13.1 Å². The van der Waals surface area contributed by atoms with Crippen LogP contribution in [0.25, 0.3) is 16.7 Å². The highest BCUT2D eigenvalue weighted by atomic mass is 19.1. The summed E-state index contributed by atoms with van der Waals surface area (Å²) in [5, 5.41) is 9.33. The van der Waals surface area contributed by atoms with Gasteiger partial charge in [0.15, 0.2) is 17.0 Å². The minimum atomic E-state index is -0.762. The monoisotopic (exact) mass is 474 g/mol. The summed E-state index contributed by atoms with van der Waals surface area (Å²) in [7, 11) is 0. The Morgan fingerprint density at radius 2 is 1.83 bits per heavy atom. The molecule has 0 spiro atoms. The van der Waals surface area contributed by atoms with Gasteiger partial charge < -0.3 is 15.1 Å². The number of hydrogen-bond acceptors (Lipinski definition) is 6.